The van der Waals surface area contributed by atoms with Crippen LogP contribution in [0, 0.1) is 0 Å². The van der Waals surface area contributed by atoms with Gasteiger partial charge in [-0.2, -0.15) is 0 Å². The molecule has 0 saturated carbocycles. The Bertz CT molecular complexity index is 533. The van der Waals surface area contributed by atoms with Crippen molar-refractivity contribution in [1.82, 2.24) is 9.55 Å². The van der Waals surface area contributed by atoms with Crippen molar-refractivity contribution >= 4 is 34.8 Å². The van der Waals surface area contributed by atoms with Crippen LogP contribution in [0.2, 0.25) is 5.02 Å². The molecule has 0 aliphatic rings. The van der Waals surface area contributed by atoms with Crippen LogP contribution >= 0.6 is 22.9 Å². The number of anilines is 1. The Morgan fingerprint density at radius 2 is 2.38 bits per heavy atom. The maximum Gasteiger partial charge on any atom is 0.260 e. The summed E-state index contributed by atoms with van der Waals surface area (Å²) in [6.45, 7) is 0.481. The van der Waals surface area contributed by atoms with E-state index in [9.17, 15) is 4.79 Å². The van der Waals surface area contributed by atoms with Gasteiger partial charge in [0.15, 0.2) is 5.95 Å². The van der Waals surface area contributed by atoms with Gasteiger partial charge in [0.05, 0.1) is 11.6 Å². The normalized spacial score (nSPS) is 10.6. The summed E-state index contributed by atoms with van der Waals surface area (Å²) in [7, 11) is 0. The molecule has 0 atom stereocenters. The Balaban J connectivity index is 2.29. The van der Waals surface area contributed by atoms with E-state index >= 15 is 0 Å². The molecule has 2 aromatic heterocycles. The number of nitrogens with two attached hydrogens (primary N) is 2. The number of nitrogens with zero attached hydrogens (tertiary/aromatic N) is 2. The molecule has 7 heteroatoms. The average Bonchev–Trinajstić information content (AvgIpc) is 2.76. The predicted octanol–water partition coefficient (Wildman–Crippen LogP) is 1.33. The molecular weight excluding hydrogens is 248 g/mol. The van der Waals surface area contributed by atoms with E-state index in [-0.39, 0.29) is 0 Å². The van der Waals surface area contributed by atoms with Crippen LogP contribution in [0.15, 0.2) is 17.8 Å². The summed E-state index contributed by atoms with van der Waals surface area (Å²) in [4.78, 5) is 15.3. The van der Waals surface area contributed by atoms with Crippen LogP contribution in [-0.4, -0.2) is 15.5 Å². The Morgan fingerprint density at radius 3 is 2.88 bits per heavy atom. The van der Waals surface area contributed by atoms with E-state index in [1.807, 2.05) is 0 Å². The number of carbonyl (C=O) groups excluding carboxylic acids is 1. The maximum atomic E-state index is 11.0. The minimum absolute atomic E-state index is 0.371. The summed E-state index contributed by atoms with van der Waals surface area (Å²) < 4.78 is 1.73. The smallest absolute Gasteiger partial charge is 0.260 e. The number of rotatable bonds is 3. The molecule has 0 fully saturated rings. The minimum atomic E-state index is -0.514. The SMILES string of the molecule is NC(=O)c1scc(Cn2ccnc2N)c1Cl. The highest BCUT2D eigenvalue weighted by atomic mass is 35.5. The van der Waals surface area contributed by atoms with Crippen LogP contribution < -0.4 is 11.5 Å². The number of nitrogen functional groups attached to an aromatic ring is 1. The van der Waals surface area contributed by atoms with Crippen LogP contribution in [0.3, 0.4) is 0 Å². The zero-order chi connectivity index (χ0) is 11.7. The molecule has 4 N–H and O–H groups in total. The standard InChI is InChI=1S/C9H9ClN4OS/c10-6-5(4-16-7(6)8(11)15)3-14-2-1-13-9(14)12/h1-2,4H,3H2,(H2,11,15)(H2,12,13). The van der Waals surface area contributed by atoms with Gasteiger partial charge in [-0.3, -0.25) is 4.79 Å². The zero-order valence-electron chi connectivity index (χ0n) is 8.18. The summed E-state index contributed by atoms with van der Waals surface area (Å²) in [5.74, 6) is -0.109. The lowest BCUT2D eigenvalue weighted by molar-refractivity contribution is 0.100. The fraction of sp³-hybridized carbons (Fsp3) is 0.111. The van der Waals surface area contributed by atoms with Crippen LogP contribution in [0.25, 0.3) is 0 Å². The average molecular weight is 257 g/mol. The van der Waals surface area contributed by atoms with Crippen molar-refractivity contribution in [1.29, 1.82) is 0 Å². The molecule has 5 nitrogen and oxygen atoms in total. The van der Waals surface area contributed by atoms with Crippen LogP contribution in [0.5, 0.6) is 0 Å². The van der Waals surface area contributed by atoms with Crippen LogP contribution in [-0.2, 0) is 6.54 Å². The lowest BCUT2D eigenvalue weighted by Gasteiger charge is -2.03. The molecular formula is C9H9ClN4OS. The quantitative estimate of drug-likeness (QED) is 0.868. The first-order valence-corrected chi connectivity index (χ1v) is 5.67. The van der Waals surface area contributed by atoms with Crippen molar-refractivity contribution < 1.29 is 4.79 Å². The summed E-state index contributed by atoms with van der Waals surface area (Å²) in [6, 6.07) is 0. The highest BCUT2D eigenvalue weighted by molar-refractivity contribution is 7.13. The van der Waals surface area contributed by atoms with Crippen molar-refractivity contribution in [2.45, 2.75) is 6.54 Å². The van der Waals surface area contributed by atoms with Crippen LogP contribution in [0.4, 0.5) is 5.95 Å². The number of halogens is 1. The van der Waals surface area contributed by atoms with Gasteiger partial charge in [0.1, 0.15) is 4.88 Å². The second-order valence-corrected chi connectivity index (χ2v) is 4.44. The van der Waals surface area contributed by atoms with Crippen molar-refractivity contribution in [2.75, 3.05) is 5.73 Å². The number of aromatic nitrogens is 2. The van der Waals surface area contributed by atoms with Crippen LogP contribution in [0.1, 0.15) is 15.2 Å². The Labute approximate surface area is 101 Å². The third kappa shape index (κ3) is 1.89. The molecule has 2 rings (SSSR count). The Morgan fingerprint density at radius 1 is 1.62 bits per heavy atom. The molecule has 0 radical (unpaired) electrons. The summed E-state index contributed by atoms with van der Waals surface area (Å²) in [5.41, 5.74) is 11.6. The van der Waals surface area contributed by atoms with E-state index in [0.717, 1.165) is 5.56 Å². The summed E-state index contributed by atoms with van der Waals surface area (Å²) >= 11 is 7.25. The van der Waals surface area contributed by atoms with Gasteiger partial charge in [-0.05, 0) is 5.38 Å². The molecule has 0 spiro atoms. The van der Waals surface area contributed by atoms with E-state index in [0.29, 0.717) is 22.4 Å². The van der Waals surface area contributed by atoms with Crippen molar-refractivity contribution in [3.05, 3.63) is 33.2 Å². The van der Waals surface area contributed by atoms with Gasteiger partial charge in [0, 0.05) is 18.0 Å². The molecule has 0 aromatic carbocycles. The number of imidazole rings is 1. The molecule has 84 valence electrons. The van der Waals surface area contributed by atoms with Crippen molar-refractivity contribution in [3.8, 4) is 0 Å². The lowest BCUT2D eigenvalue weighted by Crippen LogP contribution is -2.09. The first kappa shape index (κ1) is 11.0. The lowest BCUT2D eigenvalue weighted by atomic mass is 10.3. The van der Waals surface area contributed by atoms with Crippen molar-refractivity contribution in [2.24, 2.45) is 5.73 Å². The number of amides is 1. The minimum Gasteiger partial charge on any atom is -0.369 e. The van der Waals surface area contributed by atoms with E-state index in [4.69, 9.17) is 23.1 Å². The first-order valence-electron chi connectivity index (χ1n) is 4.42. The van der Waals surface area contributed by atoms with Gasteiger partial charge >= 0.3 is 0 Å². The Kier molecular flexibility index (Phi) is 2.84. The van der Waals surface area contributed by atoms with E-state index < -0.39 is 5.91 Å². The molecule has 0 saturated heterocycles. The predicted molar refractivity (Wildman–Crippen MR) is 63.6 cm³/mol. The summed E-state index contributed by atoms with van der Waals surface area (Å²) in [6.07, 6.45) is 3.35. The van der Waals surface area contributed by atoms with Gasteiger partial charge in [0.25, 0.3) is 5.91 Å². The van der Waals surface area contributed by atoms with Gasteiger partial charge in [-0.15, -0.1) is 11.3 Å². The zero-order valence-corrected chi connectivity index (χ0v) is 9.76. The number of hydrogen-bond acceptors (Lipinski definition) is 4. The molecule has 2 aromatic rings. The number of primary amides is 1. The third-order valence-corrected chi connectivity index (χ3v) is 3.70. The molecule has 0 aliphatic carbocycles. The summed E-state index contributed by atoms with van der Waals surface area (Å²) in [5, 5.41) is 2.19. The van der Waals surface area contributed by atoms with Gasteiger partial charge in [-0.1, -0.05) is 11.6 Å². The second kappa shape index (κ2) is 4.15. The van der Waals surface area contributed by atoms with E-state index in [2.05, 4.69) is 4.98 Å². The molecule has 0 unspecified atom stereocenters. The topological polar surface area (TPSA) is 86.9 Å². The second-order valence-electron chi connectivity index (χ2n) is 3.18. The first-order chi connectivity index (χ1) is 7.59. The van der Waals surface area contributed by atoms with E-state index in [1.54, 1.807) is 22.3 Å². The van der Waals surface area contributed by atoms with E-state index in [1.165, 1.54) is 11.3 Å². The fourth-order valence-electron chi connectivity index (χ4n) is 1.31. The third-order valence-electron chi connectivity index (χ3n) is 2.11. The molecule has 2 heterocycles. The van der Waals surface area contributed by atoms with Gasteiger partial charge < -0.3 is 16.0 Å². The molecule has 0 bridgehead atoms. The van der Waals surface area contributed by atoms with Gasteiger partial charge in [-0.25, -0.2) is 4.98 Å². The Hall–Kier alpha value is -1.53. The monoisotopic (exact) mass is 256 g/mol. The van der Waals surface area contributed by atoms with Gasteiger partial charge in [0.2, 0.25) is 0 Å². The highest BCUT2D eigenvalue weighted by Gasteiger charge is 2.14. The number of carbonyl (C=O) groups is 1. The fourth-order valence-corrected chi connectivity index (χ4v) is 2.52. The maximum absolute atomic E-state index is 11.0. The molecule has 16 heavy (non-hydrogen) atoms. The highest BCUT2D eigenvalue weighted by Crippen LogP contribution is 2.28. The largest absolute Gasteiger partial charge is 0.369 e. The van der Waals surface area contributed by atoms with Crippen molar-refractivity contribution in [3.63, 3.8) is 0 Å². The number of thiophene rings is 1. The molecule has 1 amide bonds. The molecule has 0 aliphatic heterocycles. The number of hydrogen-bond donors (Lipinski definition) is 2.